The zero-order chi connectivity index (χ0) is 23.7. The minimum absolute atomic E-state index is 0.270. The molecular formula is C25H20N6O2S. The molecule has 168 valence electrons. The van der Waals surface area contributed by atoms with Crippen LogP contribution in [-0.4, -0.2) is 31.6 Å². The van der Waals surface area contributed by atoms with Crippen LogP contribution in [0, 0.1) is 13.8 Å². The lowest BCUT2D eigenvalue weighted by Crippen LogP contribution is -2.13. The van der Waals surface area contributed by atoms with E-state index in [1.54, 1.807) is 11.6 Å². The SMILES string of the molecule is Cc1nc(NC(=O)c2cnn(-c3ccc4ccccc4n3)c2C)sc1C(=O)Nc1ccccc1. The van der Waals surface area contributed by atoms with Crippen LogP contribution < -0.4 is 10.6 Å². The second-order valence-corrected chi connectivity index (χ2v) is 8.62. The number of hydrogen-bond donors (Lipinski definition) is 2. The molecule has 8 nitrogen and oxygen atoms in total. The maximum absolute atomic E-state index is 13.0. The molecule has 0 aliphatic rings. The molecule has 0 spiro atoms. The smallest absolute Gasteiger partial charge is 0.267 e. The predicted octanol–water partition coefficient (Wildman–Crippen LogP) is 5.00. The summed E-state index contributed by atoms with van der Waals surface area (Å²) in [5.41, 5.74) is 3.13. The van der Waals surface area contributed by atoms with Gasteiger partial charge in [-0.1, -0.05) is 47.7 Å². The van der Waals surface area contributed by atoms with Gasteiger partial charge in [0.2, 0.25) is 0 Å². The second-order valence-electron chi connectivity index (χ2n) is 7.63. The van der Waals surface area contributed by atoms with Crippen molar-refractivity contribution in [3.8, 4) is 5.82 Å². The first kappa shape index (κ1) is 21.5. The maximum atomic E-state index is 13.0. The maximum Gasteiger partial charge on any atom is 0.267 e. The molecule has 0 bridgehead atoms. The Kier molecular flexibility index (Phi) is 5.60. The van der Waals surface area contributed by atoms with E-state index < -0.39 is 0 Å². The number of carbonyl (C=O) groups excluding carboxylic acids is 2. The van der Waals surface area contributed by atoms with Crippen molar-refractivity contribution in [2.75, 3.05) is 10.6 Å². The lowest BCUT2D eigenvalue weighted by atomic mass is 10.2. The Hall–Kier alpha value is -4.37. The van der Waals surface area contributed by atoms with Crippen molar-refractivity contribution in [2.24, 2.45) is 0 Å². The van der Waals surface area contributed by atoms with E-state index in [1.807, 2.05) is 73.7 Å². The van der Waals surface area contributed by atoms with Crippen molar-refractivity contribution < 1.29 is 9.59 Å². The zero-order valence-electron chi connectivity index (χ0n) is 18.4. The number of carbonyl (C=O) groups is 2. The Bertz CT molecular complexity index is 1520. The third-order valence-corrected chi connectivity index (χ3v) is 6.38. The molecule has 5 rings (SSSR count). The van der Waals surface area contributed by atoms with E-state index in [2.05, 4.69) is 25.7 Å². The number of aryl methyl sites for hydroxylation is 1. The fourth-order valence-electron chi connectivity index (χ4n) is 3.57. The van der Waals surface area contributed by atoms with E-state index in [9.17, 15) is 9.59 Å². The highest BCUT2D eigenvalue weighted by atomic mass is 32.1. The molecule has 0 atom stereocenters. The van der Waals surface area contributed by atoms with E-state index in [4.69, 9.17) is 0 Å². The van der Waals surface area contributed by atoms with Crippen LogP contribution >= 0.6 is 11.3 Å². The summed E-state index contributed by atoms with van der Waals surface area (Å²) in [5, 5.41) is 11.4. The van der Waals surface area contributed by atoms with Crippen LogP contribution in [0.3, 0.4) is 0 Å². The van der Waals surface area contributed by atoms with Gasteiger partial charge in [0.05, 0.1) is 28.7 Å². The quantitative estimate of drug-likeness (QED) is 0.378. The monoisotopic (exact) mass is 468 g/mol. The summed E-state index contributed by atoms with van der Waals surface area (Å²) >= 11 is 1.13. The Morgan fingerprint density at radius 2 is 1.62 bits per heavy atom. The number of fused-ring (bicyclic) bond motifs is 1. The molecule has 0 radical (unpaired) electrons. The molecule has 0 fully saturated rings. The van der Waals surface area contributed by atoms with Crippen LogP contribution in [0.1, 0.15) is 31.4 Å². The Morgan fingerprint density at radius 3 is 2.44 bits per heavy atom. The lowest BCUT2D eigenvalue weighted by molar-refractivity contribution is 0.101. The largest absolute Gasteiger partial charge is 0.321 e. The average Bonchev–Trinajstić information content (AvgIpc) is 3.41. The summed E-state index contributed by atoms with van der Waals surface area (Å²) in [6, 6.07) is 20.8. The number of pyridine rings is 1. The van der Waals surface area contributed by atoms with Crippen molar-refractivity contribution in [3.63, 3.8) is 0 Å². The third-order valence-electron chi connectivity index (χ3n) is 5.31. The molecule has 2 N–H and O–H groups in total. The predicted molar refractivity (Wildman–Crippen MR) is 133 cm³/mol. The highest BCUT2D eigenvalue weighted by Gasteiger charge is 2.20. The number of aromatic nitrogens is 4. The van der Waals surface area contributed by atoms with Crippen LogP contribution in [-0.2, 0) is 0 Å². The number of anilines is 2. The lowest BCUT2D eigenvalue weighted by Gasteiger charge is -2.06. The summed E-state index contributed by atoms with van der Waals surface area (Å²) < 4.78 is 1.63. The summed E-state index contributed by atoms with van der Waals surface area (Å²) in [6.07, 6.45) is 1.50. The van der Waals surface area contributed by atoms with E-state index in [1.165, 1.54) is 6.20 Å². The summed E-state index contributed by atoms with van der Waals surface area (Å²) in [6.45, 7) is 3.55. The summed E-state index contributed by atoms with van der Waals surface area (Å²) in [7, 11) is 0. The van der Waals surface area contributed by atoms with Gasteiger partial charge in [0.25, 0.3) is 11.8 Å². The highest BCUT2D eigenvalue weighted by molar-refractivity contribution is 7.17. The number of thiazole rings is 1. The molecular weight excluding hydrogens is 448 g/mol. The standard InChI is InChI=1S/C25H20N6O2S/c1-15-22(24(33)28-18-9-4-3-5-10-18)34-25(27-15)30-23(32)19-14-26-31(16(19)2)21-13-12-17-8-6-7-11-20(17)29-21/h3-14H,1-2H3,(H,28,33)(H,27,30,32). The first-order chi connectivity index (χ1) is 16.5. The van der Waals surface area contributed by atoms with Crippen LogP contribution in [0.15, 0.2) is 72.9 Å². The molecule has 5 aromatic rings. The number of benzene rings is 2. The number of hydrogen-bond acceptors (Lipinski definition) is 6. The Labute approximate surface area is 199 Å². The third kappa shape index (κ3) is 4.16. The van der Waals surface area contributed by atoms with Gasteiger partial charge in [0.1, 0.15) is 4.88 Å². The van der Waals surface area contributed by atoms with Crippen molar-refractivity contribution in [1.29, 1.82) is 0 Å². The molecule has 2 aromatic carbocycles. The van der Waals surface area contributed by atoms with Crippen LogP contribution in [0.4, 0.5) is 10.8 Å². The van der Waals surface area contributed by atoms with Gasteiger partial charge in [-0.15, -0.1) is 0 Å². The van der Waals surface area contributed by atoms with Gasteiger partial charge in [-0.05, 0) is 44.2 Å². The van der Waals surface area contributed by atoms with Gasteiger partial charge in [-0.3, -0.25) is 14.9 Å². The molecule has 3 aromatic heterocycles. The first-order valence-electron chi connectivity index (χ1n) is 10.6. The van der Waals surface area contributed by atoms with Gasteiger partial charge in [-0.2, -0.15) is 5.10 Å². The van der Waals surface area contributed by atoms with E-state index in [-0.39, 0.29) is 11.8 Å². The number of nitrogens with zero attached hydrogens (tertiary/aromatic N) is 4. The molecule has 0 aliphatic heterocycles. The fourth-order valence-corrected chi connectivity index (χ4v) is 4.43. The normalized spacial score (nSPS) is 10.9. The van der Waals surface area contributed by atoms with Crippen LogP contribution in [0.25, 0.3) is 16.7 Å². The molecule has 34 heavy (non-hydrogen) atoms. The fraction of sp³-hybridized carbons (Fsp3) is 0.0800. The highest BCUT2D eigenvalue weighted by Crippen LogP contribution is 2.25. The molecule has 0 saturated carbocycles. The molecule has 2 amide bonds. The van der Waals surface area contributed by atoms with Gasteiger partial charge >= 0.3 is 0 Å². The van der Waals surface area contributed by atoms with Gasteiger partial charge in [0, 0.05) is 11.1 Å². The number of amides is 2. The van der Waals surface area contributed by atoms with E-state index >= 15 is 0 Å². The topological polar surface area (TPSA) is 102 Å². The van der Waals surface area contributed by atoms with Crippen molar-refractivity contribution in [1.82, 2.24) is 19.7 Å². The zero-order valence-corrected chi connectivity index (χ0v) is 19.3. The van der Waals surface area contributed by atoms with Crippen LogP contribution in [0.2, 0.25) is 0 Å². The molecule has 3 heterocycles. The van der Waals surface area contributed by atoms with Gasteiger partial charge in [-0.25, -0.2) is 14.6 Å². The second kappa shape index (κ2) is 8.87. The van der Waals surface area contributed by atoms with E-state index in [0.717, 1.165) is 22.2 Å². The van der Waals surface area contributed by atoms with Crippen molar-refractivity contribution in [3.05, 3.63) is 94.8 Å². The average molecular weight is 469 g/mol. The first-order valence-corrected chi connectivity index (χ1v) is 11.4. The minimum atomic E-state index is -0.353. The molecule has 0 saturated heterocycles. The summed E-state index contributed by atoms with van der Waals surface area (Å²) in [5.74, 6) is 0.00148. The molecule has 0 unspecified atom stereocenters. The van der Waals surface area contributed by atoms with Gasteiger partial charge < -0.3 is 5.32 Å². The number of para-hydroxylation sites is 2. The van der Waals surface area contributed by atoms with Crippen LogP contribution in [0.5, 0.6) is 0 Å². The minimum Gasteiger partial charge on any atom is -0.321 e. The number of rotatable bonds is 5. The molecule has 0 aliphatic carbocycles. The van der Waals surface area contributed by atoms with Crippen molar-refractivity contribution >= 4 is 44.9 Å². The van der Waals surface area contributed by atoms with Crippen molar-refractivity contribution in [2.45, 2.75) is 13.8 Å². The summed E-state index contributed by atoms with van der Waals surface area (Å²) in [4.78, 5) is 35.0. The number of nitrogens with one attached hydrogen (secondary N) is 2. The van der Waals surface area contributed by atoms with Gasteiger partial charge in [0.15, 0.2) is 10.9 Å². The Balaban J connectivity index is 1.34. The Morgan fingerprint density at radius 1 is 0.853 bits per heavy atom. The molecule has 9 heteroatoms. The van der Waals surface area contributed by atoms with E-state index in [0.29, 0.717) is 38.5 Å².